The molecule has 1 amide bonds. The fourth-order valence-electron chi connectivity index (χ4n) is 3.29. The molecule has 0 unspecified atom stereocenters. The zero-order chi connectivity index (χ0) is 20.9. The van der Waals surface area contributed by atoms with Gasteiger partial charge >= 0.3 is 0 Å². The zero-order valence-electron chi connectivity index (χ0n) is 17.0. The molecule has 0 atom stereocenters. The second-order valence-electron chi connectivity index (χ2n) is 7.36. The van der Waals surface area contributed by atoms with Crippen molar-refractivity contribution in [2.24, 2.45) is 0 Å². The Morgan fingerprint density at radius 2 is 1.52 bits per heavy atom. The van der Waals surface area contributed by atoms with Crippen LogP contribution in [-0.4, -0.2) is 56.3 Å². The highest BCUT2D eigenvalue weighted by atomic mass is 32.2. The normalized spacial score (nSPS) is 15.7. The van der Waals surface area contributed by atoms with E-state index in [4.69, 9.17) is 4.74 Å². The van der Waals surface area contributed by atoms with Crippen molar-refractivity contribution < 1.29 is 17.9 Å². The topological polar surface area (TPSA) is 66.9 Å². The number of aryl methyl sites for hydroxylation is 2. The van der Waals surface area contributed by atoms with Crippen LogP contribution < -0.4 is 4.74 Å². The summed E-state index contributed by atoms with van der Waals surface area (Å²) in [6.45, 7) is 5.92. The number of nitrogens with zero attached hydrogens (tertiary/aromatic N) is 2. The molecule has 0 bridgehead atoms. The standard InChI is InChI=1S/C22H28N2O4S/c1-18-4-8-20(9-5-18)28-17-12-22(25)23-13-3-14-24(16-15-23)29(26,27)21-10-6-19(2)7-11-21/h4-11H,3,12-17H2,1-2H3. The number of benzene rings is 2. The molecule has 0 aromatic heterocycles. The number of sulfonamides is 1. The molecule has 29 heavy (non-hydrogen) atoms. The van der Waals surface area contributed by atoms with Gasteiger partial charge in [0, 0.05) is 26.2 Å². The highest BCUT2D eigenvalue weighted by Crippen LogP contribution is 2.19. The average Bonchev–Trinajstić information content (AvgIpc) is 2.97. The first-order valence-electron chi connectivity index (χ1n) is 9.90. The predicted molar refractivity (Wildman–Crippen MR) is 112 cm³/mol. The third-order valence-corrected chi connectivity index (χ3v) is 6.98. The number of carbonyl (C=O) groups is 1. The van der Waals surface area contributed by atoms with Crippen molar-refractivity contribution in [3.05, 3.63) is 59.7 Å². The molecule has 3 rings (SSSR count). The number of ether oxygens (including phenoxy) is 1. The van der Waals surface area contributed by atoms with E-state index in [9.17, 15) is 13.2 Å². The van der Waals surface area contributed by atoms with Gasteiger partial charge in [-0.25, -0.2) is 8.42 Å². The van der Waals surface area contributed by atoms with E-state index < -0.39 is 10.0 Å². The Morgan fingerprint density at radius 1 is 0.897 bits per heavy atom. The van der Waals surface area contributed by atoms with Crippen LogP contribution in [0.15, 0.2) is 53.4 Å². The lowest BCUT2D eigenvalue weighted by atomic mass is 10.2. The number of rotatable bonds is 6. The summed E-state index contributed by atoms with van der Waals surface area (Å²) in [4.78, 5) is 14.6. The first-order chi connectivity index (χ1) is 13.9. The molecule has 0 radical (unpaired) electrons. The minimum absolute atomic E-state index is 0.00769. The fourth-order valence-corrected chi connectivity index (χ4v) is 4.76. The Morgan fingerprint density at radius 3 is 2.17 bits per heavy atom. The molecular formula is C22H28N2O4S. The van der Waals surface area contributed by atoms with Crippen molar-refractivity contribution in [1.29, 1.82) is 0 Å². The average molecular weight is 417 g/mol. The van der Waals surface area contributed by atoms with E-state index in [0.29, 0.717) is 44.1 Å². The lowest BCUT2D eigenvalue weighted by Crippen LogP contribution is -2.37. The van der Waals surface area contributed by atoms with Gasteiger partial charge in [0.1, 0.15) is 5.75 Å². The van der Waals surface area contributed by atoms with Crippen molar-refractivity contribution in [2.75, 3.05) is 32.8 Å². The van der Waals surface area contributed by atoms with E-state index in [1.807, 2.05) is 38.1 Å². The molecule has 1 aliphatic heterocycles. The van der Waals surface area contributed by atoms with Crippen LogP contribution in [0.1, 0.15) is 24.0 Å². The zero-order valence-corrected chi connectivity index (χ0v) is 17.8. The van der Waals surface area contributed by atoms with Gasteiger partial charge in [-0.2, -0.15) is 4.31 Å². The quantitative estimate of drug-likeness (QED) is 0.726. The molecule has 2 aromatic carbocycles. The minimum atomic E-state index is -3.54. The number of carbonyl (C=O) groups excluding carboxylic acids is 1. The molecule has 1 fully saturated rings. The van der Waals surface area contributed by atoms with Crippen LogP contribution in [0.3, 0.4) is 0 Å². The lowest BCUT2D eigenvalue weighted by molar-refractivity contribution is -0.131. The van der Waals surface area contributed by atoms with Gasteiger partial charge in [0.15, 0.2) is 0 Å². The number of hydrogen-bond acceptors (Lipinski definition) is 4. The fraction of sp³-hybridized carbons (Fsp3) is 0.409. The SMILES string of the molecule is Cc1ccc(OCCC(=O)N2CCCN(S(=O)(=O)c3ccc(C)cc3)CC2)cc1. The van der Waals surface area contributed by atoms with Crippen LogP contribution in [0, 0.1) is 13.8 Å². The molecule has 1 aliphatic rings. The van der Waals surface area contributed by atoms with Crippen LogP contribution >= 0.6 is 0 Å². The van der Waals surface area contributed by atoms with Crippen molar-refractivity contribution in [1.82, 2.24) is 9.21 Å². The van der Waals surface area contributed by atoms with E-state index in [0.717, 1.165) is 16.9 Å². The third-order valence-electron chi connectivity index (χ3n) is 5.07. The maximum absolute atomic E-state index is 12.9. The van der Waals surface area contributed by atoms with Crippen LogP contribution in [0.5, 0.6) is 5.75 Å². The van der Waals surface area contributed by atoms with Crippen LogP contribution in [-0.2, 0) is 14.8 Å². The molecule has 0 saturated carbocycles. The van der Waals surface area contributed by atoms with Crippen LogP contribution in [0.2, 0.25) is 0 Å². The summed E-state index contributed by atoms with van der Waals surface area (Å²) in [6, 6.07) is 14.6. The van der Waals surface area contributed by atoms with E-state index in [2.05, 4.69) is 0 Å². The van der Waals surface area contributed by atoms with Gasteiger partial charge in [-0.05, 0) is 44.5 Å². The van der Waals surface area contributed by atoms with Gasteiger partial charge in [0.2, 0.25) is 15.9 Å². The Labute approximate surface area is 173 Å². The molecular weight excluding hydrogens is 388 g/mol. The molecule has 7 heteroatoms. The van der Waals surface area contributed by atoms with Gasteiger partial charge in [-0.3, -0.25) is 4.79 Å². The largest absolute Gasteiger partial charge is 0.493 e. The number of amides is 1. The van der Waals surface area contributed by atoms with Crippen LogP contribution in [0.4, 0.5) is 0 Å². The molecule has 6 nitrogen and oxygen atoms in total. The smallest absolute Gasteiger partial charge is 0.243 e. The van der Waals surface area contributed by atoms with Gasteiger partial charge in [0.25, 0.3) is 0 Å². The van der Waals surface area contributed by atoms with E-state index in [-0.39, 0.29) is 12.3 Å². The highest BCUT2D eigenvalue weighted by molar-refractivity contribution is 7.89. The van der Waals surface area contributed by atoms with Crippen molar-refractivity contribution in [3.63, 3.8) is 0 Å². The molecule has 0 N–H and O–H groups in total. The van der Waals surface area contributed by atoms with Gasteiger partial charge < -0.3 is 9.64 Å². The summed E-state index contributed by atoms with van der Waals surface area (Å²) in [5.74, 6) is 0.737. The van der Waals surface area contributed by atoms with Crippen LogP contribution in [0.25, 0.3) is 0 Å². The Hall–Kier alpha value is -2.38. The lowest BCUT2D eigenvalue weighted by Gasteiger charge is -2.22. The van der Waals surface area contributed by atoms with Gasteiger partial charge in [-0.1, -0.05) is 35.4 Å². The first-order valence-corrected chi connectivity index (χ1v) is 11.3. The molecule has 0 aliphatic carbocycles. The van der Waals surface area contributed by atoms with Gasteiger partial charge in [0.05, 0.1) is 17.9 Å². The van der Waals surface area contributed by atoms with Crippen molar-refractivity contribution in [2.45, 2.75) is 31.6 Å². The summed E-state index contributed by atoms with van der Waals surface area (Å²) < 4.78 is 32.9. The second-order valence-corrected chi connectivity index (χ2v) is 9.30. The molecule has 1 heterocycles. The van der Waals surface area contributed by atoms with Crippen molar-refractivity contribution in [3.8, 4) is 5.75 Å². The predicted octanol–water partition coefficient (Wildman–Crippen LogP) is 3.00. The summed E-state index contributed by atoms with van der Waals surface area (Å²) >= 11 is 0. The summed E-state index contributed by atoms with van der Waals surface area (Å²) in [6.07, 6.45) is 0.897. The molecule has 2 aromatic rings. The Balaban J connectivity index is 1.52. The van der Waals surface area contributed by atoms with E-state index in [1.54, 1.807) is 29.2 Å². The highest BCUT2D eigenvalue weighted by Gasteiger charge is 2.28. The molecule has 0 spiro atoms. The Bertz CT molecular complexity index is 924. The van der Waals surface area contributed by atoms with E-state index in [1.165, 1.54) is 4.31 Å². The monoisotopic (exact) mass is 416 g/mol. The van der Waals surface area contributed by atoms with E-state index >= 15 is 0 Å². The Kier molecular flexibility index (Phi) is 6.92. The summed E-state index contributed by atoms with van der Waals surface area (Å²) in [5, 5.41) is 0. The molecule has 156 valence electrons. The minimum Gasteiger partial charge on any atom is -0.493 e. The third kappa shape index (κ3) is 5.58. The maximum Gasteiger partial charge on any atom is 0.243 e. The maximum atomic E-state index is 12.9. The first kappa shape index (κ1) is 21.3. The second kappa shape index (κ2) is 9.41. The van der Waals surface area contributed by atoms with Crippen molar-refractivity contribution >= 4 is 15.9 Å². The summed E-state index contributed by atoms with van der Waals surface area (Å²) in [7, 11) is -3.54. The molecule has 1 saturated heterocycles. The van der Waals surface area contributed by atoms with Gasteiger partial charge in [-0.15, -0.1) is 0 Å². The summed E-state index contributed by atoms with van der Waals surface area (Å²) in [5.41, 5.74) is 2.17. The number of hydrogen-bond donors (Lipinski definition) is 0.